The third-order valence-electron chi connectivity index (χ3n) is 4.63. The second kappa shape index (κ2) is 7.63. The summed E-state index contributed by atoms with van der Waals surface area (Å²) < 4.78 is 5.38. The predicted molar refractivity (Wildman–Crippen MR) is 95.9 cm³/mol. The van der Waals surface area contributed by atoms with Crippen LogP contribution in [0.1, 0.15) is 41.1 Å². The Labute approximate surface area is 144 Å². The average molecular weight is 323 g/mol. The van der Waals surface area contributed by atoms with E-state index in [0.29, 0.717) is 13.2 Å². The van der Waals surface area contributed by atoms with Crippen LogP contribution < -0.4 is 5.32 Å². The largest absolute Gasteiger partial charge is 0.381 e. The zero-order chi connectivity index (χ0) is 16.9. The van der Waals surface area contributed by atoms with Gasteiger partial charge < -0.3 is 10.1 Å². The molecule has 2 aromatic carbocycles. The van der Waals surface area contributed by atoms with Crippen molar-refractivity contribution >= 4 is 5.91 Å². The number of carbonyl (C=O) groups excluding carboxylic acids is 1. The molecule has 3 rings (SSSR count). The lowest BCUT2D eigenvalue weighted by Gasteiger charge is -2.26. The first-order valence-corrected chi connectivity index (χ1v) is 8.65. The lowest BCUT2D eigenvalue weighted by Crippen LogP contribution is -2.37. The standard InChI is InChI=1S/C21H25NO2/c1-15-5-3-7-18(13-15)20(19-8-4-6-16(2)14-19)22-21(23)17-9-11-24-12-10-17/h3-8,13-14,17,20H,9-12H2,1-2H3,(H,22,23). The number of hydrogen-bond donors (Lipinski definition) is 1. The molecule has 1 N–H and O–H groups in total. The molecule has 1 saturated heterocycles. The van der Waals surface area contributed by atoms with E-state index in [-0.39, 0.29) is 17.9 Å². The first-order valence-electron chi connectivity index (χ1n) is 8.65. The van der Waals surface area contributed by atoms with Gasteiger partial charge in [-0.3, -0.25) is 4.79 Å². The number of ether oxygens (including phenoxy) is 1. The summed E-state index contributed by atoms with van der Waals surface area (Å²) in [4.78, 5) is 12.8. The molecule has 126 valence electrons. The Morgan fingerprint density at radius 3 is 2.04 bits per heavy atom. The van der Waals surface area contributed by atoms with Crippen molar-refractivity contribution in [2.24, 2.45) is 5.92 Å². The molecular weight excluding hydrogens is 298 g/mol. The topological polar surface area (TPSA) is 38.3 Å². The van der Waals surface area contributed by atoms with Crippen LogP contribution in [-0.4, -0.2) is 19.1 Å². The fourth-order valence-electron chi connectivity index (χ4n) is 3.28. The molecule has 2 aromatic rings. The number of aryl methyl sites for hydroxylation is 2. The number of carbonyl (C=O) groups is 1. The maximum absolute atomic E-state index is 12.8. The molecule has 0 spiro atoms. The summed E-state index contributed by atoms with van der Waals surface area (Å²) >= 11 is 0. The second-order valence-electron chi connectivity index (χ2n) is 6.66. The van der Waals surface area contributed by atoms with Crippen LogP contribution in [0.5, 0.6) is 0 Å². The molecule has 0 bridgehead atoms. The Hall–Kier alpha value is -2.13. The minimum absolute atomic E-state index is 0.0517. The number of nitrogens with one attached hydrogen (secondary N) is 1. The first kappa shape index (κ1) is 16.7. The van der Waals surface area contributed by atoms with Crippen LogP contribution in [0.15, 0.2) is 48.5 Å². The summed E-state index contributed by atoms with van der Waals surface area (Å²) in [6.45, 7) is 5.52. The van der Waals surface area contributed by atoms with Gasteiger partial charge in [0.2, 0.25) is 5.91 Å². The fraction of sp³-hybridized carbons (Fsp3) is 0.381. The number of benzene rings is 2. The highest BCUT2D eigenvalue weighted by atomic mass is 16.5. The molecule has 3 nitrogen and oxygen atoms in total. The van der Waals surface area contributed by atoms with E-state index in [0.717, 1.165) is 24.0 Å². The van der Waals surface area contributed by atoms with Crippen molar-refractivity contribution in [3.05, 3.63) is 70.8 Å². The Bertz CT molecular complexity index is 659. The molecule has 0 aromatic heterocycles. The molecule has 0 atom stereocenters. The summed E-state index contributed by atoms with van der Waals surface area (Å²) in [7, 11) is 0. The van der Waals surface area contributed by atoms with E-state index >= 15 is 0 Å². The molecule has 1 fully saturated rings. The molecule has 0 aliphatic carbocycles. The highest BCUT2D eigenvalue weighted by Crippen LogP contribution is 2.25. The maximum atomic E-state index is 12.8. The predicted octanol–water partition coefficient (Wildman–Crippen LogP) is 3.94. The van der Waals surface area contributed by atoms with Gasteiger partial charge in [-0.05, 0) is 37.8 Å². The van der Waals surface area contributed by atoms with Crippen molar-refractivity contribution < 1.29 is 9.53 Å². The van der Waals surface area contributed by atoms with Gasteiger partial charge in [-0.15, -0.1) is 0 Å². The number of hydrogen-bond acceptors (Lipinski definition) is 2. The van der Waals surface area contributed by atoms with Crippen LogP contribution in [-0.2, 0) is 9.53 Å². The number of amides is 1. The Morgan fingerprint density at radius 2 is 1.54 bits per heavy atom. The van der Waals surface area contributed by atoms with Crippen molar-refractivity contribution in [3.63, 3.8) is 0 Å². The molecular formula is C21H25NO2. The van der Waals surface area contributed by atoms with Crippen LogP contribution in [0.3, 0.4) is 0 Å². The van der Waals surface area contributed by atoms with E-state index in [1.807, 2.05) is 12.1 Å². The zero-order valence-electron chi connectivity index (χ0n) is 14.4. The van der Waals surface area contributed by atoms with Crippen molar-refractivity contribution in [1.29, 1.82) is 0 Å². The van der Waals surface area contributed by atoms with E-state index in [9.17, 15) is 4.79 Å². The Balaban J connectivity index is 1.88. The first-order chi connectivity index (χ1) is 11.6. The average Bonchev–Trinajstić information content (AvgIpc) is 2.60. The lowest BCUT2D eigenvalue weighted by molar-refractivity contribution is -0.128. The molecule has 1 amide bonds. The van der Waals surface area contributed by atoms with Gasteiger partial charge in [0.25, 0.3) is 0 Å². The molecule has 0 radical (unpaired) electrons. The monoisotopic (exact) mass is 323 g/mol. The summed E-state index contributed by atoms with van der Waals surface area (Å²) in [5.74, 6) is 0.183. The zero-order valence-corrected chi connectivity index (χ0v) is 14.4. The van der Waals surface area contributed by atoms with Gasteiger partial charge >= 0.3 is 0 Å². The molecule has 1 aliphatic rings. The van der Waals surface area contributed by atoms with Gasteiger partial charge in [0.15, 0.2) is 0 Å². The summed E-state index contributed by atoms with van der Waals surface area (Å²) in [6.07, 6.45) is 1.61. The SMILES string of the molecule is Cc1cccc(C(NC(=O)C2CCOCC2)c2cccc(C)c2)c1. The van der Waals surface area contributed by atoms with E-state index in [1.165, 1.54) is 11.1 Å². The van der Waals surface area contributed by atoms with Crippen LogP contribution in [0.4, 0.5) is 0 Å². The van der Waals surface area contributed by atoms with Crippen LogP contribution in [0, 0.1) is 19.8 Å². The van der Waals surface area contributed by atoms with E-state index in [2.05, 4.69) is 55.6 Å². The fourth-order valence-corrected chi connectivity index (χ4v) is 3.28. The Kier molecular flexibility index (Phi) is 5.31. The summed E-state index contributed by atoms with van der Waals surface area (Å²) in [5.41, 5.74) is 4.65. The molecule has 1 heterocycles. The Morgan fingerprint density at radius 1 is 1.00 bits per heavy atom. The molecule has 3 heteroatoms. The van der Waals surface area contributed by atoms with Gasteiger partial charge in [-0.2, -0.15) is 0 Å². The minimum atomic E-state index is -0.111. The summed E-state index contributed by atoms with van der Waals surface area (Å²) in [6, 6.07) is 16.6. The van der Waals surface area contributed by atoms with Gasteiger partial charge in [-0.1, -0.05) is 59.7 Å². The van der Waals surface area contributed by atoms with Gasteiger partial charge in [0.05, 0.1) is 6.04 Å². The van der Waals surface area contributed by atoms with E-state index in [1.54, 1.807) is 0 Å². The van der Waals surface area contributed by atoms with E-state index in [4.69, 9.17) is 4.74 Å². The molecule has 1 aliphatic heterocycles. The molecule has 0 saturated carbocycles. The van der Waals surface area contributed by atoms with Crippen molar-refractivity contribution in [3.8, 4) is 0 Å². The quantitative estimate of drug-likeness (QED) is 0.925. The minimum Gasteiger partial charge on any atom is -0.381 e. The highest BCUT2D eigenvalue weighted by Gasteiger charge is 2.25. The third kappa shape index (κ3) is 4.04. The van der Waals surface area contributed by atoms with Crippen LogP contribution in [0.25, 0.3) is 0 Å². The van der Waals surface area contributed by atoms with Gasteiger partial charge in [0.1, 0.15) is 0 Å². The van der Waals surface area contributed by atoms with Crippen LogP contribution >= 0.6 is 0 Å². The van der Waals surface area contributed by atoms with Crippen molar-refractivity contribution in [2.45, 2.75) is 32.7 Å². The van der Waals surface area contributed by atoms with Gasteiger partial charge in [-0.25, -0.2) is 0 Å². The normalized spacial score (nSPS) is 15.5. The lowest BCUT2D eigenvalue weighted by atomic mass is 9.94. The van der Waals surface area contributed by atoms with E-state index < -0.39 is 0 Å². The second-order valence-corrected chi connectivity index (χ2v) is 6.66. The van der Waals surface area contributed by atoms with Crippen molar-refractivity contribution in [1.82, 2.24) is 5.32 Å². The van der Waals surface area contributed by atoms with Gasteiger partial charge in [0, 0.05) is 19.1 Å². The number of rotatable bonds is 4. The third-order valence-corrected chi connectivity index (χ3v) is 4.63. The van der Waals surface area contributed by atoms with Crippen LogP contribution in [0.2, 0.25) is 0 Å². The van der Waals surface area contributed by atoms with Crippen molar-refractivity contribution in [2.75, 3.05) is 13.2 Å². The molecule has 24 heavy (non-hydrogen) atoms. The maximum Gasteiger partial charge on any atom is 0.224 e. The summed E-state index contributed by atoms with van der Waals surface area (Å²) in [5, 5.41) is 3.28. The highest BCUT2D eigenvalue weighted by molar-refractivity contribution is 5.79. The smallest absolute Gasteiger partial charge is 0.224 e. The molecule has 0 unspecified atom stereocenters.